The number of anilines is 2. The standard InChI is InChI=1S/C22H26N2O3/c1-22(2,3)16-7-4-15(5-8-16)6-11-21(26)24-17-9-10-20-19(12-17)23-13-18(14-25)27-20/h4-5,7-10,12,14,18,23H,6,11,13H2,1-3H3,(H,24,26). The first-order chi connectivity index (χ1) is 12.8. The zero-order chi connectivity index (χ0) is 19.4. The first kappa shape index (κ1) is 19.0. The first-order valence-electron chi connectivity index (χ1n) is 9.24. The van der Waals surface area contributed by atoms with Crippen LogP contribution in [0.2, 0.25) is 0 Å². The molecule has 0 aromatic heterocycles. The zero-order valence-corrected chi connectivity index (χ0v) is 16.0. The van der Waals surface area contributed by atoms with Gasteiger partial charge in [0.2, 0.25) is 5.91 Å². The highest BCUT2D eigenvalue weighted by molar-refractivity contribution is 5.91. The molecule has 0 bridgehead atoms. The SMILES string of the molecule is CC(C)(C)c1ccc(CCC(=O)Nc2ccc3c(c2)NCC(C=O)O3)cc1. The fourth-order valence-corrected chi connectivity index (χ4v) is 2.99. The molecule has 1 unspecified atom stereocenters. The summed E-state index contributed by atoms with van der Waals surface area (Å²) in [6.07, 6.45) is 1.43. The molecule has 1 aliphatic heterocycles. The Morgan fingerprint density at radius 3 is 2.63 bits per heavy atom. The molecule has 0 radical (unpaired) electrons. The van der Waals surface area contributed by atoms with Gasteiger partial charge in [0.05, 0.1) is 12.2 Å². The monoisotopic (exact) mass is 366 g/mol. The number of nitrogens with one attached hydrogen (secondary N) is 2. The van der Waals surface area contributed by atoms with E-state index in [-0.39, 0.29) is 11.3 Å². The number of fused-ring (bicyclic) bond motifs is 1. The van der Waals surface area contributed by atoms with Crippen LogP contribution in [-0.4, -0.2) is 24.8 Å². The van der Waals surface area contributed by atoms with Crippen LogP contribution in [0.1, 0.15) is 38.3 Å². The Hall–Kier alpha value is -2.82. The fourth-order valence-electron chi connectivity index (χ4n) is 2.99. The van der Waals surface area contributed by atoms with Crippen molar-refractivity contribution < 1.29 is 14.3 Å². The van der Waals surface area contributed by atoms with Crippen molar-refractivity contribution >= 4 is 23.6 Å². The van der Waals surface area contributed by atoms with E-state index in [4.69, 9.17) is 4.74 Å². The second kappa shape index (κ2) is 7.82. The van der Waals surface area contributed by atoms with Crippen molar-refractivity contribution in [3.05, 3.63) is 53.6 Å². The summed E-state index contributed by atoms with van der Waals surface area (Å²) in [6, 6.07) is 13.8. The lowest BCUT2D eigenvalue weighted by atomic mass is 9.86. The number of amides is 1. The van der Waals surface area contributed by atoms with Crippen LogP contribution in [0.3, 0.4) is 0 Å². The summed E-state index contributed by atoms with van der Waals surface area (Å²) >= 11 is 0. The van der Waals surface area contributed by atoms with Crippen molar-refractivity contribution in [2.45, 2.75) is 45.1 Å². The third-order valence-corrected chi connectivity index (χ3v) is 4.65. The third-order valence-electron chi connectivity index (χ3n) is 4.65. The lowest BCUT2D eigenvalue weighted by Gasteiger charge is -2.24. The predicted molar refractivity (Wildman–Crippen MR) is 108 cm³/mol. The maximum atomic E-state index is 12.3. The van der Waals surface area contributed by atoms with E-state index in [1.54, 1.807) is 12.1 Å². The number of carbonyl (C=O) groups excluding carboxylic acids is 2. The van der Waals surface area contributed by atoms with Gasteiger partial charge in [-0.05, 0) is 41.2 Å². The summed E-state index contributed by atoms with van der Waals surface area (Å²) in [5.74, 6) is 0.590. The minimum atomic E-state index is -0.470. The third kappa shape index (κ3) is 4.88. The van der Waals surface area contributed by atoms with Gasteiger partial charge >= 0.3 is 0 Å². The van der Waals surface area contributed by atoms with E-state index in [1.165, 1.54) is 5.56 Å². The Morgan fingerprint density at radius 2 is 1.96 bits per heavy atom. The highest BCUT2D eigenvalue weighted by atomic mass is 16.5. The summed E-state index contributed by atoms with van der Waals surface area (Å²) in [6.45, 7) is 6.99. The minimum absolute atomic E-state index is 0.0302. The van der Waals surface area contributed by atoms with Gasteiger partial charge in [-0.15, -0.1) is 0 Å². The second-order valence-corrected chi connectivity index (χ2v) is 7.88. The van der Waals surface area contributed by atoms with Crippen LogP contribution >= 0.6 is 0 Å². The summed E-state index contributed by atoms with van der Waals surface area (Å²) in [5, 5.41) is 6.06. The highest BCUT2D eigenvalue weighted by Gasteiger charge is 2.19. The number of hydrogen-bond acceptors (Lipinski definition) is 4. The average Bonchev–Trinajstić information content (AvgIpc) is 2.65. The van der Waals surface area contributed by atoms with E-state index in [0.29, 0.717) is 30.8 Å². The fraction of sp³-hybridized carbons (Fsp3) is 0.364. The molecule has 0 aliphatic carbocycles. The smallest absolute Gasteiger partial charge is 0.224 e. The molecule has 2 aromatic carbocycles. The Bertz CT molecular complexity index is 822. The lowest BCUT2D eigenvalue weighted by Crippen LogP contribution is -2.31. The molecule has 27 heavy (non-hydrogen) atoms. The van der Waals surface area contributed by atoms with Crippen molar-refractivity contribution in [3.63, 3.8) is 0 Å². The number of benzene rings is 2. The molecule has 2 N–H and O–H groups in total. The first-order valence-corrected chi connectivity index (χ1v) is 9.24. The second-order valence-electron chi connectivity index (χ2n) is 7.88. The zero-order valence-electron chi connectivity index (χ0n) is 16.0. The molecule has 1 atom stereocenters. The normalized spacial score (nSPS) is 15.9. The van der Waals surface area contributed by atoms with E-state index in [2.05, 4.69) is 55.7 Å². The quantitative estimate of drug-likeness (QED) is 0.787. The molecule has 1 aliphatic rings. The summed E-state index contributed by atoms with van der Waals surface area (Å²) < 4.78 is 5.54. The minimum Gasteiger partial charge on any atom is -0.479 e. The summed E-state index contributed by atoms with van der Waals surface area (Å²) in [7, 11) is 0. The molecule has 0 spiro atoms. The molecule has 5 nitrogen and oxygen atoms in total. The van der Waals surface area contributed by atoms with Crippen LogP contribution in [-0.2, 0) is 21.4 Å². The van der Waals surface area contributed by atoms with Gasteiger partial charge in [0, 0.05) is 12.1 Å². The van der Waals surface area contributed by atoms with Crippen LogP contribution < -0.4 is 15.4 Å². The Balaban J connectivity index is 1.54. The molecule has 0 saturated carbocycles. The van der Waals surface area contributed by atoms with Crippen molar-refractivity contribution in [1.29, 1.82) is 0 Å². The van der Waals surface area contributed by atoms with Crippen LogP contribution in [0.5, 0.6) is 5.75 Å². The van der Waals surface area contributed by atoms with E-state index in [9.17, 15) is 9.59 Å². The molecular weight excluding hydrogens is 340 g/mol. The Morgan fingerprint density at radius 1 is 1.22 bits per heavy atom. The number of ether oxygens (including phenoxy) is 1. The molecule has 142 valence electrons. The lowest BCUT2D eigenvalue weighted by molar-refractivity contribution is -0.116. The van der Waals surface area contributed by atoms with E-state index >= 15 is 0 Å². The van der Waals surface area contributed by atoms with E-state index < -0.39 is 6.10 Å². The largest absolute Gasteiger partial charge is 0.479 e. The number of hydrogen-bond donors (Lipinski definition) is 2. The van der Waals surface area contributed by atoms with Crippen molar-refractivity contribution in [2.75, 3.05) is 17.2 Å². The number of rotatable bonds is 5. The average molecular weight is 366 g/mol. The van der Waals surface area contributed by atoms with E-state index in [1.807, 2.05) is 6.07 Å². The van der Waals surface area contributed by atoms with Gasteiger partial charge in [-0.2, -0.15) is 0 Å². The van der Waals surface area contributed by atoms with Crippen molar-refractivity contribution in [2.24, 2.45) is 0 Å². The molecule has 3 rings (SSSR count). The predicted octanol–water partition coefficient (Wildman–Crippen LogP) is 3.93. The Labute approximate surface area is 160 Å². The van der Waals surface area contributed by atoms with Gasteiger partial charge < -0.3 is 15.4 Å². The van der Waals surface area contributed by atoms with Gasteiger partial charge in [0.25, 0.3) is 0 Å². The van der Waals surface area contributed by atoms with Gasteiger partial charge in [0.1, 0.15) is 5.75 Å². The topological polar surface area (TPSA) is 67.4 Å². The van der Waals surface area contributed by atoms with Gasteiger partial charge in [-0.25, -0.2) is 0 Å². The molecule has 2 aromatic rings. The molecule has 1 amide bonds. The molecule has 0 saturated heterocycles. The molecule has 0 fully saturated rings. The maximum Gasteiger partial charge on any atom is 0.224 e. The van der Waals surface area contributed by atoms with Gasteiger partial charge in [0.15, 0.2) is 12.4 Å². The summed E-state index contributed by atoms with van der Waals surface area (Å²) in [5.41, 5.74) is 4.06. The van der Waals surface area contributed by atoms with E-state index in [0.717, 1.165) is 17.5 Å². The molecule has 1 heterocycles. The van der Waals surface area contributed by atoms with Crippen LogP contribution in [0, 0.1) is 0 Å². The number of aldehydes is 1. The van der Waals surface area contributed by atoms with Crippen LogP contribution in [0.4, 0.5) is 11.4 Å². The van der Waals surface area contributed by atoms with Gasteiger partial charge in [-0.3, -0.25) is 9.59 Å². The van der Waals surface area contributed by atoms with Crippen LogP contribution in [0.15, 0.2) is 42.5 Å². The van der Waals surface area contributed by atoms with Crippen molar-refractivity contribution in [3.8, 4) is 5.75 Å². The molecular formula is C22H26N2O3. The number of aryl methyl sites for hydroxylation is 1. The highest BCUT2D eigenvalue weighted by Crippen LogP contribution is 2.31. The molecule has 5 heteroatoms. The Kier molecular flexibility index (Phi) is 5.49. The van der Waals surface area contributed by atoms with Crippen LogP contribution in [0.25, 0.3) is 0 Å². The number of carbonyl (C=O) groups is 2. The summed E-state index contributed by atoms with van der Waals surface area (Å²) in [4.78, 5) is 23.1. The maximum absolute atomic E-state index is 12.3. The van der Waals surface area contributed by atoms with Gasteiger partial charge in [-0.1, -0.05) is 45.0 Å². The van der Waals surface area contributed by atoms with Crippen molar-refractivity contribution in [1.82, 2.24) is 0 Å².